The number of thioether (sulfide) groups is 2. The molecule has 0 radical (unpaired) electrons. The zero-order chi connectivity index (χ0) is 24.9. The maximum Gasteiger partial charge on any atom is 0.264 e. The number of hydrogen-bond donors (Lipinski definition) is 2. The second-order valence-electron chi connectivity index (χ2n) is 7.21. The summed E-state index contributed by atoms with van der Waals surface area (Å²) < 4.78 is 0.556. The van der Waals surface area contributed by atoms with Gasteiger partial charge in [-0.15, -0.1) is 43.9 Å². The highest BCUT2D eigenvalue weighted by molar-refractivity contribution is 8.21. The molecule has 0 bridgehead atoms. The van der Waals surface area contributed by atoms with E-state index in [4.69, 9.17) is 12.2 Å². The van der Waals surface area contributed by atoms with Crippen LogP contribution in [0.15, 0.2) is 70.5 Å². The van der Waals surface area contributed by atoms with Crippen LogP contribution >= 0.6 is 58.4 Å². The van der Waals surface area contributed by atoms with Crippen LogP contribution in [-0.4, -0.2) is 37.3 Å². The van der Waals surface area contributed by atoms with Crippen molar-refractivity contribution in [1.82, 2.24) is 31.0 Å². The molecule has 0 aliphatic carbocycles. The van der Waals surface area contributed by atoms with Gasteiger partial charge in [0.1, 0.15) is 25.6 Å². The Morgan fingerprint density at radius 3 is 1.61 bits per heavy atom. The summed E-state index contributed by atoms with van der Waals surface area (Å²) in [7, 11) is 0. The van der Waals surface area contributed by atoms with E-state index >= 15 is 0 Å². The third-order valence-corrected chi connectivity index (χ3v) is 9.73. The topological polar surface area (TPSA) is 110 Å². The summed E-state index contributed by atoms with van der Waals surface area (Å²) in [6.07, 6.45) is 0. The number of carbonyl (C=O) groups excluding carboxylic acids is 2. The maximum atomic E-state index is 12.7. The molecule has 8 nitrogen and oxygen atoms in total. The van der Waals surface area contributed by atoms with E-state index in [1.165, 1.54) is 46.2 Å². The van der Waals surface area contributed by atoms with Gasteiger partial charge in [0.2, 0.25) is 0 Å². The SMILES string of the molecule is O=C1NC(=S)NC(=O)C1=C(SCc1nnc(-c2ccccc2)s1)SCc1nnc(-c2ccccc2)s1. The van der Waals surface area contributed by atoms with E-state index in [-0.39, 0.29) is 10.7 Å². The smallest absolute Gasteiger partial charge is 0.264 e. The van der Waals surface area contributed by atoms with Crippen LogP contribution in [0.1, 0.15) is 10.0 Å². The first-order valence-electron chi connectivity index (χ1n) is 10.5. The fourth-order valence-electron chi connectivity index (χ4n) is 3.11. The van der Waals surface area contributed by atoms with Crippen LogP contribution in [0, 0.1) is 0 Å². The minimum Gasteiger partial charge on any atom is -0.298 e. The number of thiocarbonyl (C=S) groups is 1. The summed E-state index contributed by atoms with van der Waals surface area (Å²) in [4.78, 5) is 25.3. The van der Waals surface area contributed by atoms with E-state index in [1.54, 1.807) is 0 Å². The first kappa shape index (κ1) is 24.7. The molecule has 180 valence electrons. The molecule has 1 aliphatic rings. The molecule has 2 amide bonds. The molecule has 1 fully saturated rings. The molecule has 0 atom stereocenters. The Hall–Kier alpha value is -2.97. The Bertz CT molecular complexity index is 1350. The van der Waals surface area contributed by atoms with Crippen molar-refractivity contribution < 1.29 is 9.59 Å². The van der Waals surface area contributed by atoms with Crippen LogP contribution in [0.3, 0.4) is 0 Å². The van der Waals surface area contributed by atoms with Crippen LogP contribution in [-0.2, 0) is 21.1 Å². The Kier molecular flexibility index (Phi) is 7.82. The fourth-order valence-corrected chi connectivity index (χ4v) is 7.37. The lowest BCUT2D eigenvalue weighted by molar-refractivity contribution is -0.123. The number of nitrogens with zero attached hydrogens (tertiary/aromatic N) is 4. The fraction of sp³-hybridized carbons (Fsp3) is 0.0870. The summed E-state index contributed by atoms with van der Waals surface area (Å²) in [5, 5.41) is 25.4. The van der Waals surface area contributed by atoms with Crippen LogP contribution in [0.2, 0.25) is 0 Å². The van der Waals surface area contributed by atoms with Crippen LogP contribution < -0.4 is 10.6 Å². The quantitative estimate of drug-likeness (QED) is 0.179. The molecular weight excluding hydrogens is 553 g/mol. The molecule has 1 aliphatic heterocycles. The van der Waals surface area contributed by atoms with E-state index in [1.807, 2.05) is 60.7 Å². The zero-order valence-corrected chi connectivity index (χ0v) is 22.4. The van der Waals surface area contributed by atoms with Crippen LogP contribution in [0.25, 0.3) is 21.1 Å². The summed E-state index contributed by atoms with van der Waals surface area (Å²) in [6, 6.07) is 19.6. The summed E-state index contributed by atoms with van der Waals surface area (Å²) in [5.74, 6) is -0.147. The van der Waals surface area contributed by atoms with Crippen molar-refractivity contribution in [3.63, 3.8) is 0 Å². The van der Waals surface area contributed by atoms with Crippen molar-refractivity contribution in [2.75, 3.05) is 0 Å². The summed E-state index contributed by atoms with van der Waals surface area (Å²) in [6.45, 7) is 0. The van der Waals surface area contributed by atoms with Gasteiger partial charge in [0.15, 0.2) is 5.11 Å². The number of rotatable bonds is 8. The van der Waals surface area contributed by atoms with Crippen molar-refractivity contribution in [2.24, 2.45) is 0 Å². The third kappa shape index (κ3) is 5.87. The van der Waals surface area contributed by atoms with Crippen molar-refractivity contribution in [2.45, 2.75) is 11.5 Å². The molecule has 3 heterocycles. The zero-order valence-electron chi connectivity index (χ0n) is 18.3. The molecule has 2 N–H and O–H groups in total. The van der Waals surface area contributed by atoms with Gasteiger partial charge in [-0.05, 0) is 12.2 Å². The van der Waals surface area contributed by atoms with Crippen LogP contribution in [0.4, 0.5) is 0 Å². The Labute approximate surface area is 228 Å². The lowest BCUT2D eigenvalue weighted by atomic mass is 10.2. The molecular formula is C23H16N6O2S5. The second-order valence-corrected chi connectivity index (χ2v) is 12.0. The van der Waals surface area contributed by atoms with Gasteiger partial charge in [0, 0.05) is 11.1 Å². The van der Waals surface area contributed by atoms with Gasteiger partial charge in [0.25, 0.3) is 11.8 Å². The highest BCUT2D eigenvalue weighted by atomic mass is 32.2. The van der Waals surface area contributed by atoms with E-state index in [2.05, 4.69) is 31.0 Å². The first-order valence-corrected chi connectivity index (χ1v) is 14.5. The van der Waals surface area contributed by atoms with E-state index < -0.39 is 11.8 Å². The molecule has 0 spiro atoms. The number of aromatic nitrogens is 4. The second kappa shape index (κ2) is 11.4. The molecule has 5 rings (SSSR count). The van der Waals surface area contributed by atoms with Gasteiger partial charge < -0.3 is 0 Å². The molecule has 2 aromatic heterocycles. The largest absolute Gasteiger partial charge is 0.298 e. The Balaban J connectivity index is 1.34. The summed E-state index contributed by atoms with van der Waals surface area (Å²) >= 11 is 10.6. The van der Waals surface area contributed by atoms with Crippen molar-refractivity contribution >= 4 is 75.3 Å². The molecule has 1 saturated heterocycles. The van der Waals surface area contributed by atoms with E-state index in [0.29, 0.717) is 15.7 Å². The lowest BCUT2D eigenvalue weighted by Crippen LogP contribution is -2.51. The van der Waals surface area contributed by atoms with E-state index in [0.717, 1.165) is 31.2 Å². The minimum absolute atomic E-state index is 0.00338. The van der Waals surface area contributed by atoms with Crippen molar-refractivity contribution in [3.05, 3.63) is 80.5 Å². The molecule has 2 aromatic carbocycles. The monoisotopic (exact) mass is 568 g/mol. The number of amides is 2. The van der Waals surface area contributed by atoms with E-state index in [9.17, 15) is 9.59 Å². The molecule has 4 aromatic rings. The predicted octanol–water partition coefficient (Wildman–Crippen LogP) is 4.63. The predicted molar refractivity (Wildman–Crippen MR) is 149 cm³/mol. The average molecular weight is 569 g/mol. The van der Waals surface area contributed by atoms with Gasteiger partial charge in [-0.2, -0.15) is 0 Å². The molecule has 0 saturated carbocycles. The summed E-state index contributed by atoms with van der Waals surface area (Å²) in [5.41, 5.74) is 2.01. The average Bonchev–Trinajstić information content (AvgIpc) is 3.56. The standard InChI is InChI=1S/C23H16N6O2S5/c30-18-17(19(31)25-23(32)24-18)22(33-11-15-26-28-20(35-15)13-7-3-1-4-8-13)34-12-16-27-29-21(36-16)14-9-5-2-6-10-14/h1-10H,11-12H2,(H2,24,25,30,31,32). The highest BCUT2D eigenvalue weighted by Crippen LogP contribution is 2.39. The van der Waals surface area contributed by atoms with Gasteiger partial charge in [0.05, 0.1) is 15.7 Å². The lowest BCUT2D eigenvalue weighted by Gasteiger charge is -2.19. The van der Waals surface area contributed by atoms with Gasteiger partial charge in [-0.3, -0.25) is 20.2 Å². The minimum atomic E-state index is -0.525. The molecule has 36 heavy (non-hydrogen) atoms. The number of benzene rings is 2. The number of carbonyl (C=O) groups is 2. The Morgan fingerprint density at radius 1 is 0.722 bits per heavy atom. The van der Waals surface area contributed by atoms with Gasteiger partial charge in [-0.1, -0.05) is 83.3 Å². The maximum absolute atomic E-state index is 12.7. The number of nitrogens with one attached hydrogen (secondary N) is 2. The third-order valence-electron chi connectivity index (χ3n) is 4.74. The molecule has 13 heteroatoms. The van der Waals surface area contributed by atoms with Crippen LogP contribution in [0.5, 0.6) is 0 Å². The van der Waals surface area contributed by atoms with Gasteiger partial charge >= 0.3 is 0 Å². The normalized spacial score (nSPS) is 13.4. The Morgan fingerprint density at radius 2 is 1.17 bits per heavy atom. The highest BCUT2D eigenvalue weighted by Gasteiger charge is 2.30. The first-order chi connectivity index (χ1) is 17.6. The molecule has 0 unspecified atom stereocenters. The van der Waals surface area contributed by atoms with Crippen molar-refractivity contribution in [1.29, 1.82) is 0 Å². The number of hydrogen-bond acceptors (Lipinski definition) is 11. The van der Waals surface area contributed by atoms with Crippen molar-refractivity contribution in [3.8, 4) is 21.1 Å². The van der Waals surface area contributed by atoms with Gasteiger partial charge in [-0.25, -0.2) is 0 Å².